The Hall–Kier alpha value is -7.52. The van der Waals surface area contributed by atoms with Gasteiger partial charge in [-0.15, -0.1) is 0 Å². The van der Waals surface area contributed by atoms with Crippen molar-refractivity contribution in [2.45, 2.75) is 0 Å². The summed E-state index contributed by atoms with van der Waals surface area (Å²) in [6, 6.07) is 48.1. The summed E-state index contributed by atoms with van der Waals surface area (Å²) >= 11 is 0. The Morgan fingerprint density at radius 2 is 0.830 bits per heavy atom. The first-order chi connectivity index (χ1) is 26.2. The van der Waals surface area contributed by atoms with Crippen LogP contribution in [0.25, 0.3) is 38.9 Å². The summed E-state index contributed by atoms with van der Waals surface area (Å²) in [5.74, 6) is 5.26. The van der Waals surface area contributed by atoms with Crippen molar-refractivity contribution in [2.75, 3.05) is 0 Å². The molecule has 4 heterocycles. The van der Waals surface area contributed by atoms with Crippen LogP contribution in [0.2, 0.25) is 0 Å². The van der Waals surface area contributed by atoms with E-state index in [0.29, 0.717) is 52.2 Å². The van der Waals surface area contributed by atoms with Crippen molar-refractivity contribution in [1.29, 1.82) is 0 Å². The molecule has 0 fully saturated rings. The van der Waals surface area contributed by atoms with Gasteiger partial charge in [0.05, 0.1) is 11.0 Å². The van der Waals surface area contributed by atoms with Crippen molar-refractivity contribution in [3.05, 3.63) is 176 Å². The largest absolute Gasteiger partial charge is 0.457 e. The SMILES string of the molecule is c1ccc(-c2cnc(-n3c4cc(Oc5cccc(Oc6ccccn6)c5)ccc4c4ccc(Oc5cccc(Oc6ccccn6)c5)cc43)nc2)cc1. The maximum atomic E-state index is 6.39. The molecular weight excluding hydrogens is 663 g/mol. The molecule has 9 nitrogen and oxygen atoms in total. The van der Waals surface area contributed by atoms with Crippen LogP contribution in [0.5, 0.6) is 46.3 Å². The molecule has 0 unspecified atom stereocenters. The van der Waals surface area contributed by atoms with Crippen LogP contribution in [-0.2, 0) is 0 Å². The summed E-state index contributed by atoms with van der Waals surface area (Å²) in [5, 5.41) is 2.01. The Kier molecular flexibility index (Phi) is 8.31. The maximum absolute atomic E-state index is 6.39. The van der Waals surface area contributed by atoms with Crippen molar-refractivity contribution in [3.8, 4) is 63.3 Å². The van der Waals surface area contributed by atoms with Gasteiger partial charge in [-0.3, -0.25) is 4.57 Å². The van der Waals surface area contributed by atoms with Gasteiger partial charge in [-0.2, -0.15) is 0 Å². The Labute approximate surface area is 304 Å². The fraction of sp³-hybridized carbons (Fsp3) is 0. The van der Waals surface area contributed by atoms with Crippen LogP contribution in [0, 0.1) is 0 Å². The molecule has 0 atom stereocenters. The number of nitrogens with zero attached hydrogens (tertiary/aromatic N) is 5. The maximum Gasteiger partial charge on any atom is 0.234 e. The topological polar surface area (TPSA) is 93.4 Å². The van der Waals surface area contributed by atoms with Gasteiger partial charge in [-0.25, -0.2) is 19.9 Å². The lowest BCUT2D eigenvalue weighted by Crippen LogP contribution is -2.01. The molecule has 53 heavy (non-hydrogen) atoms. The van der Waals surface area contributed by atoms with Crippen LogP contribution in [0.1, 0.15) is 0 Å². The number of rotatable bonds is 10. The van der Waals surface area contributed by atoms with Crippen molar-refractivity contribution in [2.24, 2.45) is 0 Å². The molecule has 9 heteroatoms. The minimum Gasteiger partial charge on any atom is -0.457 e. The molecule has 9 rings (SSSR count). The summed E-state index contributed by atoms with van der Waals surface area (Å²) < 4.78 is 26.7. The highest BCUT2D eigenvalue weighted by atomic mass is 16.5. The molecule has 0 bridgehead atoms. The van der Waals surface area contributed by atoms with Crippen molar-refractivity contribution in [1.82, 2.24) is 24.5 Å². The zero-order chi connectivity index (χ0) is 35.4. The van der Waals surface area contributed by atoms with Gasteiger partial charge in [-0.1, -0.05) is 54.6 Å². The highest BCUT2D eigenvalue weighted by Crippen LogP contribution is 2.38. The van der Waals surface area contributed by atoms with Gasteiger partial charge < -0.3 is 18.9 Å². The molecule has 0 aliphatic rings. The van der Waals surface area contributed by atoms with Crippen LogP contribution >= 0.6 is 0 Å². The van der Waals surface area contributed by atoms with Gasteiger partial charge in [0.1, 0.15) is 34.5 Å². The van der Waals surface area contributed by atoms with Gasteiger partial charge in [0.15, 0.2) is 0 Å². The summed E-state index contributed by atoms with van der Waals surface area (Å²) in [6.07, 6.45) is 7.07. The first-order valence-corrected chi connectivity index (χ1v) is 16.9. The van der Waals surface area contributed by atoms with Crippen LogP contribution < -0.4 is 18.9 Å². The molecule has 0 aliphatic heterocycles. The lowest BCUT2D eigenvalue weighted by molar-refractivity contribution is 0.448. The molecule has 0 saturated carbocycles. The monoisotopic (exact) mass is 691 g/mol. The lowest BCUT2D eigenvalue weighted by atomic mass is 10.1. The van der Waals surface area contributed by atoms with Gasteiger partial charge in [0.2, 0.25) is 17.7 Å². The number of benzene rings is 5. The Balaban J connectivity index is 1.09. The minimum atomic E-state index is 0.503. The third-order valence-electron chi connectivity index (χ3n) is 8.46. The minimum absolute atomic E-state index is 0.503. The average Bonchev–Trinajstić information content (AvgIpc) is 3.52. The Morgan fingerprint density at radius 3 is 1.32 bits per heavy atom. The second-order valence-corrected chi connectivity index (χ2v) is 12.0. The fourth-order valence-electron chi connectivity index (χ4n) is 6.07. The molecule has 254 valence electrons. The summed E-state index contributed by atoms with van der Waals surface area (Å²) in [6.45, 7) is 0. The Bertz CT molecular complexity index is 2520. The highest BCUT2D eigenvalue weighted by molar-refractivity contribution is 6.09. The number of fused-ring (bicyclic) bond motifs is 3. The second-order valence-electron chi connectivity index (χ2n) is 12.0. The molecule has 0 saturated heterocycles. The van der Waals surface area contributed by atoms with E-state index in [2.05, 4.69) is 22.1 Å². The van der Waals surface area contributed by atoms with Gasteiger partial charge >= 0.3 is 0 Å². The molecule has 5 aromatic carbocycles. The number of hydrogen-bond donors (Lipinski definition) is 0. The normalized spacial score (nSPS) is 11.0. The number of hydrogen-bond acceptors (Lipinski definition) is 8. The second kappa shape index (κ2) is 14.0. The third kappa shape index (κ3) is 6.82. The average molecular weight is 692 g/mol. The fourth-order valence-corrected chi connectivity index (χ4v) is 6.07. The smallest absolute Gasteiger partial charge is 0.234 e. The molecule has 0 amide bonds. The van der Waals surface area contributed by atoms with E-state index in [1.54, 1.807) is 24.5 Å². The molecule has 0 aliphatic carbocycles. The zero-order valence-electron chi connectivity index (χ0n) is 28.1. The summed E-state index contributed by atoms with van der Waals surface area (Å²) in [5.41, 5.74) is 3.70. The highest BCUT2D eigenvalue weighted by Gasteiger charge is 2.17. The van der Waals surface area contributed by atoms with Gasteiger partial charge in [0, 0.05) is 77.5 Å². The van der Waals surface area contributed by atoms with Crippen LogP contribution in [0.4, 0.5) is 0 Å². The van der Waals surface area contributed by atoms with Crippen LogP contribution in [0.15, 0.2) is 176 Å². The van der Waals surface area contributed by atoms with Crippen LogP contribution in [-0.4, -0.2) is 24.5 Å². The molecular formula is C44H29N5O4. The lowest BCUT2D eigenvalue weighted by Gasteiger charge is -2.11. The van der Waals surface area contributed by atoms with E-state index in [0.717, 1.165) is 32.9 Å². The third-order valence-corrected chi connectivity index (χ3v) is 8.46. The van der Waals surface area contributed by atoms with E-state index in [1.165, 1.54) is 0 Å². The van der Waals surface area contributed by atoms with E-state index in [9.17, 15) is 0 Å². The molecule has 9 aromatic rings. The number of pyridine rings is 2. The van der Waals surface area contributed by atoms with E-state index >= 15 is 0 Å². The molecule has 0 radical (unpaired) electrons. The quantitative estimate of drug-likeness (QED) is 0.140. The number of ether oxygens (including phenoxy) is 4. The first-order valence-electron chi connectivity index (χ1n) is 16.9. The van der Waals surface area contributed by atoms with Gasteiger partial charge in [-0.05, 0) is 66.2 Å². The van der Waals surface area contributed by atoms with E-state index in [-0.39, 0.29) is 0 Å². The van der Waals surface area contributed by atoms with Crippen molar-refractivity contribution in [3.63, 3.8) is 0 Å². The predicted molar refractivity (Wildman–Crippen MR) is 203 cm³/mol. The summed E-state index contributed by atoms with van der Waals surface area (Å²) in [4.78, 5) is 18.2. The van der Waals surface area contributed by atoms with E-state index in [4.69, 9.17) is 28.9 Å². The van der Waals surface area contributed by atoms with Crippen molar-refractivity contribution >= 4 is 21.8 Å². The number of aromatic nitrogens is 5. The Morgan fingerprint density at radius 1 is 0.358 bits per heavy atom. The standard InChI is InChI=1S/C44H29N5O4/c1-2-10-30(11-3-1)31-28-47-44(48-29-31)49-40-26-36(50-32-12-8-14-34(24-32)52-42-16-4-6-22-45-42)18-20-38(40)39-21-19-37(27-41(39)49)51-33-13-9-15-35(25-33)53-43-17-5-7-23-46-43/h1-29H. The van der Waals surface area contributed by atoms with E-state index < -0.39 is 0 Å². The predicted octanol–water partition coefficient (Wildman–Crippen LogP) is 11.2. The van der Waals surface area contributed by atoms with Crippen molar-refractivity contribution < 1.29 is 18.9 Å². The zero-order valence-corrected chi connectivity index (χ0v) is 28.1. The molecule has 4 aromatic heterocycles. The molecule has 0 spiro atoms. The molecule has 0 N–H and O–H groups in total. The van der Waals surface area contributed by atoms with Crippen LogP contribution in [0.3, 0.4) is 0 Å². The summed E-state index contributed by atoms with van der Waals surface area (Å²) in [7, 11) is 0. The first kappa shape index (κ1) is 31.5. The van der Waals surface area contributed by atoms with Gasteiger partial charge in [0.25, 0.3) is 0 Å². The van der Waals surface area contributed by atoms with E-state index in [1.807, 2.05) is 144 Å².